The Kier molecular flexibility index (Phi) is 3.11. The fourth-order valence-corrected chi connectivity index (χ4v) is 2.99. The van der Waals surface area contributed by atoms with Crippen LogP contribution in [0.3, 0.4) is 0 Å². The predicted octanol–water partition coefficient (Wildman–Crippen LogP) is 1.30. The summed E-state index contributed by atoms with van der Waals surface area (Å²) in [5.74, 6) is 2.35. The Morgan fingerprint density at radius 3 is 2.83 bits per heavy atom. The number of aryl methyl sites for hydroxylation is 1. The van der Waals surface area contributed by atoms with E-state index in [2.05, 4.69) is 28.8 Å². The largest absolute Gasteiger partial charge is 0.372 e. The van der Waals surface area contributed by atoms with Crippen molar-refractivity contribution in [3.63, 3.8) is 0 Å². The molecule has 0 aliphatic carbocycles. The van der Waals surface area contributed by atoms with Crippen LogP contribution in [-0.4, -0.2) is 43.9 Å². The zero-order valence-electron chi connectivity index (χ0n) is 11.2. The highest BCUT2D eigenvalue weighted by molar-refractivity contribution is 5.05. The zero-order chi connectivity index (χ0) is 12.7. The van der Waals surface area contributed by atoms with E-state index in [-0.39, 0.29) is 0 Å². The molecular formula is C13H22N4O. The number of fused-ring (bicyclic) bond motifs is 1. The summed E-state index contributed by atoms with van der Waals surface area (Å²) in [5, 5.41) is 14.4. The maximum absolute atomic E-state index is 9.91. The highest BCUT2D eigenvalue weighted by atomic mass is 16.3. The summed E-state index contributed by atoms with van der Waals surface area (Å²) in [5.41, 5.74) is 0. The van der Waals surface area contributed by atoms with Crippen LogP contribution in [0.5, 0.6) is 0 Å². The molecule has 1 aromatic rings. The lowest BCUT2D eigenvalue weighted by molar-refractivity contribution is 0.0642. The molecular weight excluding hydrogens is 228 g/mol. The van der Waals surface area contributed by atoms with Crippen molar-refractivity contribution in [2.24, 2.45) is 0 Å². The normalized spacial score (nSPS) is 28.9. The number of nitrogens with zero attached hydrogens (tertiary/aromatic N) is 4. The molecule has 0 radical (unpaired) electrons. The van der Waals surface area contributed by atoms with Crippen LogP contribution in [0, 0.1) is 0 Å². The Balaban J connectivity index is 1.78. The van der Waals surface area contributed by atoms with Gasteiger partial charge in [-0.2, -0.15) is 5.10 Å². The molecule has 0 spiro atoms. The van der Waals surface area contributed by atoms with E-state index in [1.165, 1.54) is 0 Å². The van der Waals surface area contributed by atoms with Crippen LogP contribution in [0.2, 0.25) is 0 Å². The molecule has 1 fully saturated rings. The highest BCUT2D eigenvalue weighted by Crippen LogP contribution is 2.28. The highest BCUT2D eigenvalue weighted by Gasteiger charge is 2.30. The van der Waals surface area contributed by atoms with Crippen LogP contribution >= 0.6 is 0 Å². The third kappa shape index (κ3) is 2.06. The first-order chi connectivity index (χ1) is 8.65. The third-order valence-electron chi connectivity index (χ3n) is 4.18. The smallest absolute Gasteiger partial charge is 0.155 e. The molecule has 5 heteroatoms. The fraction of sp³-hybridized carbons (Fsp3) is 0.846. The van der Waals surface area contributed by atoms with Gasteiger partial charge in [0.05, 0.1) is 0 Å². The van der Waals surface area contributed by atoms with E-state index in [0.29, 0.717) is 12.0 Å². The van der Waals surface area contributed by atoms with Crippen molar-refractivity contribution < 1.29 is 5.11 Å². The first-order valence-corrected chi connectivity index (χ1v) is 7.02. The van der Waals surface area contributed by atoms with Crippen LogP contribution in [0.4, 0.5) is 0 Å². The van der Waals surface area contributed by atoms with E-state index in [0.717, 1.165) is 50.4 Å². The molecule has 100 valence electrons. The van der Waals surface area contributed by atoms with E-state index < -0.39 is 6.23 Å². The molecule has 1 N–H and O–H groups in total. The molecule has 3 heterocycles. The molecule has 2 atom stereocenters. The van der Waals surface area contributed by atoms with Gasteiger partial charge in [-0.1, -0.05) is 0 Å². The second-order valence-corrected chi connectivity index (χ2v) is 5.78. The Bertz CT molecular complexity index is 429. The van der Waals surface area contributed by atoms with Gasteiger partial charge in [0, 0.05) is 24.9 Å². The van der Waals surface area contributed by atoms with Crippen LogP contribution in [0.1, 0.15) is 56.9 Å². The van der Waals surface area contributed by atoms with Gasteiger partial charge in [0.1, 0.15) is 12.1 Å². The Hall–Kier alpha value is -0.940. The summed E-state index contributed by atoms with van der Waals surface area (Å²) in [6.07, 6.45) is 3.45. The van der Waals surface area contributed by atoms with Crippen molar-refractivity contribution in [1.82, 2.24) is 19.7 Å². The number of likely N-dealkylation sites (tertiary alicyclic amines) is 1. The third-order valence-corrected chi connectivity index (χ3v) is 4.18. The topological polar surface area (TPSA) is 54.2 Å². The molecule has 1 saturated heterocycles. The van der Waals surface area contributed by atoms with Gasteiger partial charge in [0.2, 0.25) is 0 Å². The predicted molar refractivity (Wildman–Crippen MR) is 68.3 cm³/mol. The molecule has 2 unspecified atom stereocenters. The van der Waals surface area contributed by atoms with Crippen molar-refractivity contribution in [3.8, 4) is 0 Å². The quantitative estimate of drug-likeness (QED) is 0.859. The lowest BCUT2D eigenvalue weighted by atomic mass is 10.1. The molecule has 0 saturated carbocycles. The van der Waals surface area contributed by atoms with Gasteiger partial charge in [0.25, 0.3) is 0 Å². The van der Waals surface area contributed by atoms with Crippen LogP contribution in [0.25, 0.3) is 0 Å². The molecule has 5 nitrogen and oxygen atoms in total. The molecule has 0 aromatic carbocycles. The van der Waals surface area contributed by atoms with Crippen molar-refractivity contribution >= 4 is 0 Å². The molecule has 3 rings (SSSR count). The molecule has 0 bridgehead atoms. The fourth-order valence-electron chi connectivity index (χ4n) is 2.99. The van der Waals surface area contributed by atoms with E-state index in [4.69, 9.17) is 0 Å². The minimum Gasteiger partial charge on any atom is -0.372 e. The van der Waals surface area contributed by atoms with Gasteiger partial charge in [-0.25, -0.2) is 9.67 Å². The van der Waals surface area contributed by atoms with Gasteiger partial charge in [-0.05, 0) is 39.7 Å². The zero-order valence-corrected chi connectivity index (χ0v) is 11.2. The van der Waals surface area contributed by atoms with Gasteiger partial charge in [-0.15, -0.1) is 0 Å². The lowest BCUT2D eigenvalue weighted by Gasteiger charge is -2.19. The molecule has 0 amide bonds. The average Bonchev–Trinajstić information content (AvgIpc) is 2.95. The van der Waals surface area contributed by atoms with E-state index in [1.54, 1.807) is 4.68 Å². The maximum atomic E-state index is 9.91. The number of hydrogen-bond donors (Lipinski definition) is 1. The van der Waals surface area contributed by atoms with Crippen molar-refractivity contribution in [1.29, 1.82) is 0 Å². The van der Waals surface area contributed by atoms with Crippen LogP contribution < -0.4 is 0 Å². The summed E-state index contributed by atoms with van der Waals surface area (Å²) in [4.78, 5) is 7.12. The number of rotatable bonds is 2. The average molecular weight is 250 g/mol. The number of hydrogen-bond acceptors (Lipinski definition) is 4. The summed E-state index contributed by atoms with van der Waals surface area (Å²) in [6.45, 7) is 6.65. The second-order valence-electron chi connectivity index (χ2n) is 5.78. The van der Waals surface area contributed by atoms with Gasteiger partial charge in [0.15, 0.2) is 5.82 Å². The Morgan fingerprint density at radius 1 is 1.33 bits per heavy atom. The minimum atomic E-state index is -0.461. The number of aromatic nitrogens is 3. The van der Waals surface area contributed by atoms with Crippen molar-refractivity contribution in [2.45, 2.75) is 57.7 Å². The van der Waals surface area contributed by atoms with Crippen molar-refractivity contribution in [2.75, 3.05) is 13.1 Å². The summed E-state index contributed by atoms with van der Waals surface area (Å²) in [6, 6.07) is 0.595. The first-order valence-electron chi connectivity index (χ1n) is 7.02. The van der Waals surface area contributed by atoms with Gasteiger partial charge < -0.3 is 10.0 Å². The number of aliphatic hydroxyl groups excluding tert-OH is 1. The Labute approximate surface area is 108 Å². The summed E-state index contributed by atoms with van der Waals surface area (Å²) >= 11 is 0. The molecule has 2 aliphatic rings. The standard InChI is InChI=1S/C13H22N4O/c1-9(2)16-7-6-10(8-16)13-14-11-4-3-5-12(18)17(11)15-13/h9-10,12,18H,3-8H2,1-2H3. The Morgan fingerprint density at radius 2 is 2.17 bits per heavy atom. The SMILES string of the molecule is CC(C)N1CCC(c2nc3n(n2)C(O)CCC3)C1. The lowest BCUT2D eigenvalue weighted by Crippen LogP contribution is -2.28. The molecule has 1 aromatic heterocycles. The molecule has 18 heavy (non-hydrogen) atoms. The summed E-state index contributed by atoms with van der Waals surface area (Å²) < 4.78 is 1.73. The second kappa shape index (κ2) is 4.63. The van der Waals surface area contributed by atoms with E-state index in [9.17, 15) is 5.11 Å². The number of aliphatic hydroxyl groups is 1. The minimum absolute atomic E-state index is 0.442. The van der Waals surface area contributed by atoms with Crippen molar-refractivity contribution in [3.05, 3.63) is 11.6 Å². The maximum Gasteiger partial charge on any atom is 0.155 e. The van der Waals surface area contributed by atoms with Crippen LogP contribution in [-0.2, 0) is 6.42 Å². The monoisotopic (exact) mass is 250 g/mol. The van der Waals surface area contributed by atoms with Crippen LogP contribution in [0.15, 0.2) is 0 Å². The van der Waals surface area contributed by atoms with Gasteiger partial charge >= 0.3 is 0 Å². The first kappa shape index (κ1) is 12.1. The molecule has 2 aliphatic heterocycles. The van der Waals surface area contributed by atoms with E-state index >= 15 is 0 Å². The van der Waals surface area contributed by atoms with Gasteiger partial charge in [-0.3, -0.25) is 0 Å². The summed E-state index contributed by atoms with van der Waals surface area (Å²) in [7, 11) is 0. The van der Waals surface area contributed by atoms with E-state index in [1.807, 2.05) is 0 Å².